The van der Waals surface area contributed by atoms with E-state index >= 15 is 0 Å². The highest BCUT2D eigenvalue weighted by Gasteiger charge is 2.27. The molecule has 0 saturated carbocycles. The fourth-order valence-electron chi connectivity index (χ4n) is 3.62. The molecule has 0 saturated heterocycles. The number of para-hydroxylation sites is 1. The monoisotopic (exact) mass is 420 g/mol. The van der Waals surface area contributed by atoms with Crippen molar-refractivity contribution in [1.29, 1.82) is 0 Å². The van der Waals surface area contributed by atoms with Crippen LogP contribution in [0.25, 0.3) is 10.9 Å². The molecule has 3 N–H and O–H groups in total. The summed E-state index contributed by atoms with van der Waals surface area (Å²) in [7, 11) is 1.62. The van der Waals surface area contributed by atoms with Crippen LogP contribution in [0.1, 0.15) is 33.4 Å². The maximum absolute atomic E-state index is 13.2. The first-order valence-corrected chi connectivity index (χ1v) is 10.5. The van der Waals surface area contributed by atoms with Crippen molar-refractivity contribution in [2.24, 2.45) is 7.05 Å². The van der Waals surface area contributed by atoms with E-state index < -0.39 is 5.56 Å². The number of hydrogen-bond acceptors (Lipinski definition) is 5. The van der Waals surface area contributed by atoms with Crippen molar-refractivity contribution < 1.29 is 15.2 Å². The summed E-state index contributed by atoms with van der Waals surface area (Å²) >= 11 is 1.57. The molecule has 7 heteroatoms. The van der Waals surface area contributed by atoms with E-state index in [1.165, 1.54) is 4.57 Å². The highest BCUT2D eigenvalue weighted by atomic mass is 32.1. The summed E-state index contributed by atoms with van der Waals surface area (Å²) in [5.74, 6) is -0.608. The number of aromatic nitrogens is 2. The summed E-state index contributed by atoms with van der Waals surface area (Å²) in [5.41, 5.74) is 0.874. The molecule has 3 aromatic heterocycles. The number of aromatic hydroxyl groups is 1. The highest BCUT2D eigenvalue weighted by Crippen LogP contribution is 2.28. The Balaban J connectivity index is 1.65. The molecule has 3 heterocycles. The van der Waals surface area contributed by atoms with Crippen molar-refractivity contribution >= 4 is 28.0 Å². The van der Waals surface area contributed by atoms with Crippen molar-refractivity contribution in [2.45, 2.75) is 19.0 Å². The van der Waals surface area contributed by atoms with Gasteiger partial charge in [-0.1, -0.05) is 24.3 Å². The van der Waals surface area contributed by atoms with Gasteiger partial charge in [-0.25, -0.2) is 0 Å². The molecular formula is C23H22N3O3S+. The molecular weight excluding hydrogens is 398 g/mol. The number of carbonyl (C=O) groups is 1. The minimum Gasteiger partial charge on any atom is -0.506 e. The number of rotatable bonds is 7. The Morgan fingerprint density at radius 1 is 1.17 bits per heavy atom. The van der Waals surface area contributed by atoms with Gasteiger partial charge in [0, 0.05) is 18.6 Å². The predicted molar refractivity (Wildman–Crippen MR) is 117 cm³/mol. The van der Waals surface area contributed by atoms with Crippen LogP contribution in [0.5, 0.6) is 5.75 Å². The third-order valence-corrected chi connectivity index (χ3v) is 6.21. The molecule has 0 aliphatic heterocycles. The fourth-order valence-corrected chi connectivity index (χ4v) is 4.44. The zero-order chi connectivity index (χ0) is 21.1. The summed E-state index contributed by atoms with van der Waals surface area (Å²) < 4.78 is 1.42. The first-order chi connectivity index (χ1) is 14.6. The van der Waals surface area contributed by atoms with E-state index in [0.29, 0.717) is 17.4 Å². The molecule has 4 aromatic rings. The van der Waals surface area contributed by atoms with Crippen LogP contribution in [0.2, 0.25) is 0 Å². The Kier molecular flexibility index (Phi) is 5.74. The number of nitrogens with zero attached hydrogens (tertiary/aromatic N) is 2. The third kappa shape index (κ3) is 3.90. The van der Waals surface area contributed by atoms with Gasteiger partial charge in [0.15, 0.2) is 5.78 Å². The largest absolute Gasteiger partial charge is 0.506 e. The van der Waals surface area contributed by atoms with Crippen LogP contribution in [-0.2, 0) is 13.6 Å². The Hall–Kier alpha value is -3.29. The molecule has 0 amide bonds. The van der Waals surface area contributed by atoms with Gasteiger partial charge in [-0.15, -0.1) is 11.3 Å². The third-order valence-electron chi connectivity index (χ3n) is 5.21. The Labute approximate surface area is 177 Å². The molecule has 1 aromatic carbocycles. The maximum atomic E-state index is 13.2. The van der Waals surface area contributed by atoms with E-state index in [4.69, 9.17) is 0 Å². The van der Waals surface area contributed by atoms with Crippen molar-refractivity contribution in [1.82, 2.24) is 9.55 Å². The molecule has 0 radical (unpaired) electrons. The molecule has 0 spiro atoms. The summed E-state index contributed by atoms with van der Waals surface area (Å²) in [4.78, 5) is 31.4. The van der Waals surface area contributed by atoms with Crippen molar-refractivity contribution in [3.05, 3.63) is 92.7 Å². The maximum Gasteiger partial charge on any atom is 0.265 e. The number of Topliss-reactive ketones (excluding diaryl/α,β-unsaturated/α-hetero) is 1. The zero-order valence-electron chi connectivity index (χ0n) is 16.5. The number of hydrogen-bond donors (Lipinski definition) is 2. The Morgan fingerprint density at radius 2 is 1.97 bits per heavy atom. The zero-order valence-corrected chi connectivity index (χ0v) is 17.3. The van der Waals surface area contributed by atoms with Gasteiger partial charge in [-0.05, 0) is 35.7 Å². The Morgan fingerprint density at radius 3 is 2.70 bits per heavy atom. The number of aryl methyl sites for hydroxylation is 1. The Bertz CT molecular complexity index is 1230. The quantitative estimate of drug-likeness (QED) is 0.450. The smallest absolute Gasteiger partial charge is 0.265 e. The lowest BCUT2D eigenvalue weighted by atomic mass is 10.0. The van der Waals surface area contributed by atoms with E-state index in [9.17, 15) is 14.7 Å². The number of benzene rings is 1. The number of quaternary nitrogens is 1. The lowest BCUT2D eigenvalue weighted by Gasteiger charge is -2.15. The second kappa shape index (κ2) is 8.61. The second-order valence-electron chi connectivity index (χ2n) is 7.12. The summed E-state index contributed by atoms with van der Waals surface area (Å²) in [6.45, 7) is 0.610. The predicted octanol–water partition coefficient (Wildman–Crippen LogP) is 2.78. The van der Waals surface area contributed by atoms with Gasteiger partial charge in [-0.2, -0.15) is 0 Å². The number of pyridine rings is 2. The molecule has 0 unspecified atom stereocenters. The van der Waals surface area contributed by atoms with E-state index in [1.54, 1.807) is 48.8 Å². The summed E-state index contributed by atoms with van der Waals surface area (Å²) in [5, 5.41) is 15.2. The van der Waals surface area contributed by atoms with Gasteiger partial charge in [0.1, 0.15) is 23.9 Å². The molecule has 152 valence electrons. The summed E-state index contributed by atoms with van der Waals surface area (Å²) in [6.07, 6.45) is 1.85. The number of ketones is 1. The van der Waals surface area contributed by atoms with Gasteiger partial charge in [-0.3, -0.25) is 14.6 Å². The average molecular weight is 421 g/mol. The minimum absolute atomic E-state index is 0.106. The van der Waals surface area contributed by atoms with Crippen molar-refractivity contribution in [2.75, 3.05) is 0 Å². The number of nitrogens with two attached hydrogens (primary N) is 1. The number of thiophene rings is 1. The SMILES string of the molecule is Cn1c(=O)c(C(=O)C[C@H]([NH2+]Cc2ccccn2)c2cccs2)c(O)c2ccccc21. The van der Waals surface area contributed by atoms with Crippen molar-refractivity contribution in [3.8, 4) is 5.75 Å². The van der Waals surface area contributed by atoms with Gasteiger partial charge in [0.05, 0.1) is 22.5 Å². The normalized spacial score (nSPS) is 12.2. The molecule has 1 atom stereocenters. The van der Waals surface area contributed by atoms with Gasteiger partial charge >= 0.3 is 0 Å². The second-order valence-corrected chi connectivity index (χ2v) is 8.09. The van der Waals surface area contributed by atoms with Gasteiger partial charge < -0.3 is 15.0 Å². The fraction of sp³-hybridized carbons (Fsp3) is 0.174. The van der Waals surface area contributed by atoms with Gasteiger partial charge in [0.25, 0.3) is 5.56 Å². The first-order valence-electron chi connectivity index (χ1n) is 9.66. The topological polar surface area (TPSA) is 88.8 Å². The van der Waals surface area contributed by atoms with Crippen LogP contribution in [0, 0.1) is 0 Å². The van der Waals surface area contributed by atoms with Crippen molar-refractivity contribution in [3.63, 3.8) is 0 Å². The molecule has 0 aliphatic carbocycles. The number of carbonyl (C=O) groups excluding carboxylic acids is 1. The first kappa shape index (κ1) is 20.0. The molecule has 0 bridgehead atoms. The van der Waals surface area contributed by atoms with Crippen LogP contribution < -0.4 is 10.9 Å². The van der Waals surface area contributed by atoms with Gasteiger partial charge in [0.2, 0.25) is 0 Å². The van der Waals surface area contributed by atoms with Crippen LogP contribution in [0.15, 0.2) is 71.0 Å². The standard InChI is InChI=1S/C23H21N3O3S/c1-26-18-9-3-2-8-16(18)22(28)21(23(26)29)19(27)13-17(20-10-6-12-30-20)25-14-15-7-4-5-11-24-15/h2-12,17,25,28H,13-14H2,1H3/p+1/t17-/m0/s1. The van der Waals surface area contributed by atoms with E-state index in [0.717, 1.165) is 10.6 Å². The minimum atomic E-state index is -0.481. The highest BCUT2D eigenvalue weighted by molar-refractivity contribution is 7.10. The van der Waals surface area contributed by atoms with E-state index in [-0.39, 0.29) is 29.6 Å². The van der Waals surface area contributed by atoms with Crippen LogP contribution in [-0.4, -0.2) is 20.4 Å². The number of fused-ring (bicyclic) bond motifs is 1. The molecule has 0 aliphatic rings. The lowest BCUT2D eigenvalue weighted by Crippen LogP contribution is -2.83. The molecule has 30 heavy (non-hydrogen) atoms. The van der Waals surface area contributed by atoms with Crippen LogP contribution in [0.3, 0.4) is 0 Å². The molecule has 0 fully saturated rings. The summed E-state index contributed by atoms with van der Waals surface area (Å²) in [6, 6.07) is 16.5. The molecule has 4 rings (SSSR count). The van der Waals surface area contributed by atoms with E-state index in [2.05, 4.69) is 10.3 Å². The average Bonchev–Trinajstić information content (AvgIpc) is 3.31. The van der Waals surface area contributed by atoms with Crippen LogP contribution in [0.4, 0.5) is 0 Å². The molecule has 6 nitrogen and oxygen atoms in total. The lowest BCUT2D eigenvalue weighted by molar-refractivity contribution is -0.710. The van der Waals surface area contributed by atoms with Crippen LogP contribution >= 0.6 is 11.3 Å². The van der Waals surface area contributed by atoms with E-state index in [1.807, 2.05) is 35.7 Å².